The lowest BCUT2D eigenvalue weighted by Gasteiger charge is -2.36. The van der Waals surface area contributed by atoms with E-state index in [1.54, 1.807) is 24.5 Å². The van der Waals surface area contributed by atoms with Gasteiger partial charge in [0.1, 0.15) is 0 Å². The van der Waals surface area contributed by atoms with Crippen LogP contribution in [0.3, 0.4) is 0 Å². The van der Waals surface area contributed by atoms with Crippen LogP contribution in [0.15, 0.2) is 36.7 Å². The minimum Gasteiger partial charge on any atom is -0.345 e. The quantitative estimate of drug-likeness (QED) is 0.821. The first-order valence-electron chi connectivity index (χ1n) is 7.16. The molecule has 120 valence electrons. The molecule has 0 radical (unpaired) electrons. The summed E-state index contributed by atoms with van der Waals surface area (Å²) in [7, 11) is 0. The SMILES string of the molecule is S=C(Nc1ccc(Cl)cc1Cl)N1CCN(c2ncccn2)CC1. The van der Waals surface area contributed by atoms with Crippen LogP contribution in [0, 0.1) is 0 Å². The van der Waals surface area contributed by atoms with Crippen LogP contribution < -0.4 is 10.2 Å². The maximum absolute atomic E-state index is 6.17. The number of anilines is 2. The lowest BCUT2D eigenvalue weighted by atomic mass is 10.3. The number of halogens is 2. The van der Waals surface area contributed by atoms with Crippen LogP contribution in [-0.2, 0) is 0 Å². The molecule has 3 rings (SSSR count). The molecule has 0 aliphatic carbocycles. The van der Waals surface area contributed by atoms with Crippen molar-refractivity contribution in [3.8, 4) is 0 Å². The van der Waals surface area contributed by atoms with Crippen LogP contribution in [0.25, 0.3) is 0 Å². The first kappa shape index (κ1) is 16.2. The van der Waals surface area contributed by atoms with Crippen molar-refractivity contribution in [2.75, 3.05) is 36.4 Å². The van der Waals surface area contributed by atoms with Crippen molar-refractivity contribution < 1.29 is 0 Å². The molecule has 1 aromatic carbocycles. The Hall–Kier alpha value is -1.63. The Bertz CT molecular complexity index is 690. The van der Waals surface area contributed by atoms with Crippen molar-refractivity contribution in [1.82, 2.24) is 14.9 Å². The maximum atomic E-state index is 6.17. The zero-order chi connectivity index (χ0) is 16.2. The van der Waals surface area contributed by atoms with Gasteiger partial charge in [0.25, 0.3) is 0 Å². The Morgan fingerprint density at radius 1 is 1.09 bits per heavy atom. The van der Waals surface area contributed by atoms with E-state index in [-0.39, 0.29) is 0 Å². The number of nitrogens with one attached hydrogen (secondary N) is 1. The van der Waals surface area contributed by atoms with Gasteiger partial charge in [-0.3, -0.25) is 0 Å². The zero-order valence-electron chi connectivity index (χ0n) is 12.2. The van der Waals surface area contributed by atoms with Gasteiger partial charge in [-0.1, -0.05) is 23.2 Å². The van der Waals surface area contributed by atoms with Crippen LogP contribution in [0.1, 0.15) is 0 Å². The van der Waals surface area contributed by atoms with Gasteiger partial charge >= 0.3 is 0 Å². The summed E-state index contributed by atoms with van der Waals surface area (Å²) >= 11 is 17.5. The van der Waals surface area contributed by atoms with E-state index in [4.69, 9.17) is 35.4 Å². The molecule has 0 bridgehead atoms. The van der Waals surface area contributed by atoms with E-state index in [9.17, 15) is 0 Å². The lowest BCUT2D eigenvalue weighted by molar-refractivity contribution is 0.388. The molecule has 0 spiro atoms. The highest BCUT2D eigenvalue weighted by molar-refractivity contribution is 7.80. The highest BCUT2D eigenvalue weighted by Gasteiger charge is 2.20. The van der Waals surface area contributed by atoms with Gasteiger partial charge in [0.2, 0.25) is 5.95 Å². The minimum atomic E-state index is 0.552. The van der Waals surface area contributed by atoms with Crippen LogP contribution >= 0.6 is 35.4 Å². The highest BCUT2D eigenvalue weighted by atomic mass is 35.5. The monoisotopic (exact) mass is 367 g/mol. The van der Waals surface area contributed by atoms with Gasteiger partial charge in [-0.25, -0.2) is 9.97 Å². The molecule has 1 aliphatic rings. The Kier molecular flexibility index (Phi) is 5.15. The molecule has 0 atom stereocenters. The van der Waals surface area contributed by atoms with E-state index >= 15 is 0 Å². The summed E-state index contributed by atoms with van der Waals surface area (Å²) in [5.41, 5.74) is 0.759. The summed E-state index contributed by atoms with van der Waals surface area (Å²) in [6.07, 6.45) is 3.51. The fourth-order valence-corrected chi connectivity index (χ4v) is 3.10. The van der Waals surface area contributed by atoms with Crippen molar-refractivity contribution >= 4 is 52.2 Å². The van der Waals surface area contributed by atoms with Crippen LogP contribution in [0.5, 0.6) is 0 Å². The number of hydrogen-bond acceptors (Lipinski definition) is 4. The van der Waals surface area contributed by atoms with Gasteiger partial charge in [0, 0.05) is 43.6 Å². The van der Waals surface area contributed by atoms with Gasteiger partial charge < -0.3 is 15.1 Å². The van der Waals surface area contributed by atoms with Gasteiger partial charge in [-0.2, -0.15) is 0 Å². The van der Waals surface area contributed by atoms with Gasteiger partial charge in [-0.05, 0) is 36.5 Å². The summed E-state index contributed by atoms with van der Waals surface area (Å²) in [5, 5.41) is 4.99. The molecule has 2 heterocycles. The van der Waals surface area contributed by atoms with Gasteiger partial charge in [0.05, 0.1) is 10.7 Å². The molecule has 0 saturated carbocycles. The van der Waals surface area contributed by atoms with E-state index in [1.807, 2.05) is 12.1 Å². The van der Waals surface area contributed by atoms with Crippen molar-refractivity contribution in [3.63, 3.8) is 0 Å². The second-order valence-corrected chi connectivity index (χ2v) is 6.31. The molecule has 1 aromatic heterocycles. The molecule has 0 amide bonds. The number of thiocarbonyl (C=S) groups is 1. The molecule has 2 aromatic rings. The molecule has 1 saturated heterocycles. The first-order valence-corrected chi connectivity index (χ1v) is 8.33. The van der Waals surface area contributed by atoms with E-state index in [2.05, 4.69) is 25.1 Å². The van der Waals surface area contributed by atoms with E-state index in [1.165, 1.54) is 0 Å². The summed E-state index contributed by atoms with van der Waals surface area (Å²) in [6.45, 7) is 3.24. The van der Waals surface area contributed by atoms with Crippen LogP contribution in [0.2, 0.25) is 10.0 Å². The van der Waals surface area contributed by atoms with Crippen molar-refractivity contribution in [2.45, 2.75) is 0 Å². The molecular formula is C15H15Cl2N5S. The largest absolute Gasteiger partial charge is 0.345 e. The van der Waals surface area contributed by atoms with Crippen molar-refractivity contribution in [3.05, 3.63) is 46.7 Å². The second kappa shape index (κ2) is 7.29. The minimum absolute atomic E-state index is 0.552. The van der Waals surface area contributed by atoms with E-state index in [0.29, 0.717) is 15.2 Å². The van der Waals surface area contributed by atoms with E-state index < -0.39 is 0 Å². The van der Waals surface area contributed by atoms with Gasteiger partial charge in [0.15, 0.2) is 5.11 Å². The third kappa shape index (κ3) is 4.02. The molecule has 1 fully saturated rings. The standard InChI is InChI=1S/C15H15Cl2N5S/c16-11-2-3-13(12(17)10-11)20-15(23)22-8-6-21(7-9-22)14-18-4-1-5-19-14/h1-5,10H,6-9H2,(H,20,23). The fraction of sp³-hybridized carbons (Fsp3) is 0.267. The Morgan fingerprint density at radius 3 is 2.43 bits per heavy atom. The number of hydrogen-bond donors (Lipinski definition) is 1. The molecule has 5 nitrogen and oxygen atoms in total. The maximum Gasteiger partial charge on any atom is 0.225 e. The Labute approximate surface area is 150 Å². The third-order valence-electron chi connectivity index (χ3n) is 3.57. The number of nitrogens with zero attached hydrogens (tertiary/aromatic N) is 4. The smallest absolute Gasteiger partial charge is 0.225 e. The summed E-state index contributed by atoms with van der Waals surface area (Å²) in [6, 6.07) is 7.11. The normalized spacial score (nSPS) is 14.7. The molecule has 23 heavy (non-hydrogen) atoms. The number of piperazine rings is 1. The highest BCUT2D eigenvalue weighted by Crippen LogP contribution is 2.25. The third-order valence-corrected chi connectivity index (χ3v) is 4.48. The molecule has 0 unspecified atom stereocenters. The average Bonchev–Trinajstić information content (AvgIpc) is 2.58. The zero-order valence-corrected chi connectivity index (χ0v) is 14.6. The summed E-state index contributed by atoms with van der Waals surface area (Å²) < 4.78 is 0. The average molecular weight is 368 g/mol. The Morgan fingerprint density at radius 2 is 1.78 bits per heavy atom. The van der Waals surface area contributed by atoms with E-state index in [0.717, 1.165) is 37.8 Å². The molecule has 8 heteroatoms. The summed E-state index contributed by atoms with van der Waals surface area (Å²) in [5.74, 6) is 0.756. The lowest BCUT2D eigenvalue weighted by Crippen LogP contribution is -2.50. The molecular weight excluding hydrogens is 353 g/mol. The summed E-state index contributed by atoms with van der Waals surface area (Å²) in [4.78, 5) is 12.8. The van der Waals surface area contributed by atoms with Crippen molar-refractivity contribution in [1.29, 1.82) is 0 Å². The molecule has 1 N–H and O–H groups in total. The Balaban J connectivity index is 1.58. The number of aromatic nitrogens is 2. The van der Waals surface area contributed by atoms with Crippen LogP contribution in [-0.4, -0.2) is 46.2 Å². The topological polar surface area (TPSA) is 44.3 Å². The fourth-order valence-electron chi connectivity index (χ4n) is 2.35. The number of benzene rings is 1. The second-order valence-electron chi connectivity index (χ2n) is 5.08. The number of rotatable bonds is 2. The van der Waals surface area contributed by atoms with Crippen LogP contribution in [0.4, 0.5) is 11.6 Å². The predicted octanol–water partition coefficient (Wildman–Crippen LogP) is 3.30. The first-order chi connectivity index (χ1) is 11.1. The van der Waals surface area contributed by atoms with Crippen molar-refractivity contribution in [2.24, 2.45) is 0 Å². The molecule has 1 aliphatic heterocycles. The predicted molar refractivity (Wildman–Crippen MR) is 98.5 cm³/mol. The van der Waals surface area contributed by atoms with Gasteiger partial charge in [-0.15, -0.1) is 0 Å².